The lowest BCUT2D eigenvalue weighted by molar-refractivity contribution is -0.138. The molecule has 2 aromatic carbocycles. The Labute approximate surface area is 136 Å². The van der Waals surface area contributed by atoms with Crippen molar-refractivity contribution in [2.75, 3.05) is 0 Å². The van der Waals surface area contributed by atoms with Crippen LogP contribution in [0.4, 0.5) is 0 Å². The molecule has 0 aliphatic heterocycles. The van der Waals surface area contributed by atoms with E-state index in [-0.39, 0.29) is 12.4 Å². The number of carboxylic acid groups (broad SMARTS) is 1. The van der Waals surface area contributed by atoms with Crippen LogP contribution in [-0.2, 0) is 17.8 Å². The molecule has 1 atom stereocenters. The quantitative estimate of drug-likeness (QED) is 0.858. The van der Waals surface area contributed by atoms with E-state index in [0.29, 0.717) is 13.0 Å². The first-order valence-electron chi connectivity index (χ1n) is 6.80. The Bertz CT molecular complexity index is 596. The highest BCUT2D eigenvalue weighted by Crippen LogP contribution is 2.15. The average molecular weight is 322 g/mol. The Hall–Kier alpha value is -2.04. The lowest BCUT2D eigenvalue weighted by Gasteiger charge is -2.09. The van der Waals surface area contributed by atoms with Crippen LogP contribution in [0, 0.1) is 6.92 Å². The van der Waals surface area contributed by atoms with E-state index in [1.165, 1.54) is 5.56 Å². The first kappa shape index (κ1) is 18.0. The third kappa shape index (κ3) is 5.39. The summed E-state index contributed by atoms with van der Waals surface area (Å²) in [5.74, 6) is -0.238. The smallest absolute Gasteiger partial charge is 0.320 e. The van der Waals surface area contributed by atoms with Gasteiger partial charge in [0, 0.05) is 0 Å². The molecule has 22 heavy (non-hydrogen) atoms. The number of halogens is 1. The highest BCUT2D eigenvalue weighted by Gasteiger charge is 2.11. The predicted molar refractivity (Wildman–Crippen MR) is 88.5 cm³/mol. The Morgan fingerprint density at radius 3 is 2.18 bits per heavy atom. The minimum Gasteiger partial charge on any atom is -0.489 e. The second-order valence-electron chi connectivity index (χ2n) is 5.07. The number of hydrogen-bond donors (Lipinski definition) is 2. The number of ether oxygens (including phenoxy) is 1. The van der Waals surface area contributed by atoms with E-state index in [2.05, 4.69) is 12.1 Å². The van der Waals surface area contributed by atoms with Crippen LogP contribution in [0.15, 0.2) is 48.5 Å². The third-order valence-electron chi connectivity index (χ3n) is 3.22. The number of rotatable bonds is 6. The molecule has 0 saturated heterocycles. The average Bonchev–Trinajstić information content (AvgIpc) is 2.48. The Morgan fingerprint density at radius 2 is 1.64 bits per heavy atom. The molecule has 0 radical (unpaired) electrons. The van der Waals surface area contributed by atoms with Crippen LogP contribution in [-0.4, -0.2) is 17.1 Å². The fraction of sp³-hybridized carbons (Fsp3) is 0.235. The van der Waals surface area contributed by atoms with Crippen molar-refractivity contribution in [3.8, 4) is 5.75 Å². The summed E-state index contributed by atoms with van der Waals surface area (Å²) in [7, 11) is 0. The number of nitrogens with two attached hydrogens (primary N) is 1. The van der Waals surface area contributed by atoms with Crippen LogP contribution in [0.3, 0.4) is 0 Å². The second-order valence-corrected chi connectivity index (χ2v) is 5.07. The number of benzene rings is 2. The molecule has 0 amide bonds. The van der Waals surface area contributed by atoms with Crippen LogP contribution in [0.2, 0.25) is 0 Å². The molecule has 0 fully saturated rings. The van der Waals surface area contributed by atoms with Gasteiger partial charge in [-0.3, -0.25) is 4.79 Å². The maximum absolute atomic E-state index is 10.7. The van der Waals surface area contributed by atoms with Crippen LogP contribution in [0.5, 0.6) is 5.75 Å². The molecule has 3 N–H and O–H groups in total. The minimum absolute atomic E-state index is 0. The summed E-state index contributed by atoms with van der Waals surface area (Å²) in [6, 6.07) is 14.6. The molecule has 2 aromatic rings. The normalized spacial score (nSPS) is 11.4. The van der Waals surface area contributed by atoms with Gasteiger partial charge in [0.2, 0.25) is 0 Å². The molecule has 5 heteroatoms. The molecule has 0 unspecified atom stereocenters. The van der Waals surface area contributed by atoms with Crippen molar-refractivity contribution >= 4 is 18.4 Å². The van der Waals surface area contributed by atoms with Crippen molar-refractivity contribution in [1.29, 1.82) is 0 Å². The molecule has 118 valence electrons. The van der Waals surface area contributed by atoms with Crippen molar-refractivity contribution in [1.82, 2.24) is 0 Å². The number of aryl methyl sites for hydroxylation is 1. The standard InChI is InChI=1S/C17H19NO3.ClH/c1-12-2-4-14(5-3-12)11-21-15-8-6-13(7-9-15)10-16(18)17(19)20;/h2-9,16H,10-11,18H2,1H3,(H,19,20);1H/t16-;/m0./s1. The lowest BCUT2D eigenvalue weighted by atomic mass is 10.1. The first-order valence-corrected chi connectivity index (χ1v) is 6.80. The summed E-state index contributed by atoms with van der Waals surface area (Å²) in [6.07, 6.45) is 0.313. The number of aliphatic carboxylic acids is 1. The first-order chi connectivity index (χ1) is 10.0. The van der Waals surface area contributed by atoms with E-state index in [1.54, 1.807) is 0 Å². The van der Waals surface area contributed by atoms with Crippen LogP contribution < -0.4 is 10.5 Å². The van der Waals surface area contributed by atoms with Crippen molar-refractivity contribution in [3.05, 3.63) is 65.2 Å². The van der Waals surface area contributed by atoms with E-state index >= 15 is 0 Å². The van der Waals surface area contributed by atoms with Gasteiger partial charge in [-0.1, -0.05) is 42.0 Å². The van der Waals surface area contributed by atoms with Crippen LogP contribution >= 0.6 is 12.4 Å². The molecule has 0 bridgehead atoms. The van der Waals surface area contributed by atoms with Gasteiger partial charge in [0.25, 0.3) is 0 Å². The zero-order valence-electron chi connectivity index (χ0n) is 12.4. The minimum atomic E-state index is -0.991. The van der Waals surface area contributed by atoms with Gasteiger partial charge in [0.1, 0.15) is 18.4 Å². The SMILES string of the molecule is Cc1ccc(COc2ccc(C[C@H](N)C(=O)O)cc2)cc1.Cl. The van der Waals surface area contributed by atoms with Gasteiger partial charge in [-0.25, -0.2) is 0 Å². The predicted octanol–water partition coefficient (Wildman–Crippen LogP) is 2.95. The fourth-order valence-electron chi connectivity index (χ4n) is 1.91. The summed E-state index contributed by atoms with van der Waals surface area (Å²) < 4.78 is 5.69. The largest absolute Gasteiger partial charge is 0.489 e. The van der Waals surface area contributed by atoms with E-state index in [1.807, 2.05) is 43.3 Å². The summed E-state index contributed by atoms with van der Waals surface area (Å²) in [6.45, 7) is 2.56. The zero-order chi connectivity index (χ0) is 15.2. The monoisotopic (exact) mass is 321 g/mol. The van der Waals surface area contributed by atoms with Gasteiger partial charge in [-0.15, -0.1) is 12.4 Å². The molecule has 0 saturated carbocycles. The van der Waals surface area contributed by atoms with Crippen molar-refractivity contribution in [3.63, 3.8) is 0 Å². The summed E-state index contributed by atoms with van der Waals surface area (Å²) in [5.41, 5.74) is 8.71. The van der Waals surface area contributed by atoms with Gasteiger partial charge in [0.15, 0.2) is 0 Å². The van der Waals surface area contributed by atoms with Crippen LogP contribution in [0.1, 0.15) is 16.7 Å². The summed E-state index contributed by atoms with van der Waals surface area (Å²) in [5, 5.41) is 8.78. The Kier molecular flexibility index (Phi) is 6.89. The van der Waals surface area contributed by atoms with E-state index in [0.717, 1.165) is 16.9 Å². The van der Waals surface area contributed by atoms with Crippen molar-refractivity contribution in [2.45, 2.75) is 26.0 Å². The number of hydrogen-bond acceptors (Lipinski definition) is 3. The van der Waals surface area contributed by atoms with Gasteiger partial charge in [0.05, 0.1) is 0 Å². The lowest BCUT2D eigenvalue weighted by Crippen LogP contribution is -2.32. The molecule has 0 spiro atoms. The zero-order valence-corrected chi connectivity index (χ0v) is 13.2. The van der Waals surface area contributed by atoms with Gasteiger partial charge in [-0.2, -0.15) is 0 Å². The maximum atomic E-state index is 10.7. The van der Waals surface area contributed by atoms with E-state index in [9.17, 15) is 4.79 Å². The maximum Gasteiger partial charge on any atom is 0.320 e. The summed E-state index contributed by atoms with van der Waals surface area (Å²) >= 11 is 0. The third-order valence-corrected chi connectivity index (χ3v) is 3.22. The summed E-state index contributed by atoms with van der Waals surface area (Å²) in [4.78, 5) is 10.7. The fourth-order valence-corrected chi connectivity index (χ4v) is 1.91. The van der Waals surface area contributed by atoms with Crippen LogP contribution in [0.25, 0.3) is 0 Å². The molecular formula is C17H20ClNO3. The molecule has 4 nitrogen and oxygen atoms in total. The Morgan fingerprint density at radius 1 is 1.09 bits per heavy atom. The van der Waals surface area contributed by atoms with Gasteiger partial charge in [-0.05, 0) is 36.6 Å². The van der Waals surface area contributed by atoms with Gasteiger partial charge >= 0.3 is 5.97 Å². The molecule has 0 heterocycles. The van der Waals surface area contributed by atoms with Crippen molar-refractivity contribution < 1.29 is 14.6 Å². The van der Waals surface area contributed by atoms with Gasteiger partial charge < -0.3 is 15.6 Å². The highest BCUT2D eigenvalue weighted by atomic mass is 35.5. The van der Waals surface area contributed by atoms with Crippen molar-refractivity contribution in [2.24, 2.45) is 5.73 Å². The molecule has 2 rings (SSSR count). The number of carbonyl (C=O) groups is 1. The van der Waals surface area contributed by atoms with E-state index < -0.39 is 12.0 Å². The second kappa shape index (κ2) is 8.41. The topological polar surface area (TPSA) is 72.5 Å². The number of carboxylic acids is 1. The molecule has 0 aliphatic carbocycles. The molecule has 0 aliphatic rings. The van der Waals surface area contributed by atoms with E-state index in [4.69, 9.17) is 15.6 Å². The molecule has 0 aromatic heterocycles. The Balaban J connectivity index is 0.00000242. The highest BCUT2D eigenvalue weighted by molar-refractivity contribution is 5.85. The molecular weight excluding hydrogens is 302 g/mol.